The van der Waals surface area contributed by atoms with E-state index in [0.29, 0.717) is 13.1 Å². The van der Waals surface area contributed by atoms with Crippen LogP contribution in [0.1, 0.15) is 24.9 Å². The molecule has 1 aromatic rings. The zero-order valence-corrected chi connectivity index (χ0v) is 13.4. The molecule has 1 aromatic carbocycles. The van der Waals surface area contributed by atoms with E-state index in [1.54, 1.807) is 0 Å². The van der Waals surface area contributed by atoms with Crippen LogP contribution in [0.25, 0.3) is 0 Å². The van der Waals surface area contributed by atoms with Crippen molar-refractivity contribution in [3.05, 3.63) is 34.3 Å². The second kappa shape index (κ2) is 7.52. The average molecular weight is 343 g/mol. The van der Waals surface area contributed by atoms with Crippen molar-refractivity contribution in [2.75, 3.05) is 26.2 Å². The lowest BCUT2D eigenvalue weighted by molar-refractivity contribution is 0.0572. The first-order chi connectivity index (χ1) is 9.61. The number of nitrogens with one attached hydrogen (secondary N) is 1. The zero-order valence-electron chi connectivity index (χ0n) is 11.8. The van der Waals surface area contributed by atoms with Gasteiger partial charge in [-0.15, -0.1) is 0 Å². The van der Waals surface area contributed by atoms with Gasteiger partial charge in [-0.25, -0.2) is 0 Å². The summed E-state index contributed by atoms with van der Waals surface area (Å²) in [7, 11) is 0. The minimum absolute atomic E-state index is 0.283. The molecule has 20 heavy (non-hydrogen) atoms. The number of benzene rings is 1. The maximum absolute atomic E-state index is 9.58. The maximum Gasteiger partial charge on any atom is 0.0938 e. The number of β-amino-alcohol motifs (C(OH)–C–C–N with tert-alkyl or cyclic N) is 2. The molecule has 1 heterocycles. The van der Waals surface area contributed by atoms with E-state index in [9.17, 15) is 10.2 Å². The van der Waals surface area contributed by atoms with Crippen LogP contribution in [0.15, 0.2) is 28.7 Å². The van der Waals surface area contributed by atoms with Gasteiger partial charge in [0.2, 0.25) is 0 Å². The topological polar surface area (TPSA) is 55.7 Å². The minimum atomic E-state index is -0.601. The molecular weight excluding hydrogens is 320 g/mol. The van der Waals surface area contributed by atoms with Crippen LogP contribution in [0, 0.1) is 0 Å². The van der Waals surface area contributed by atoms with Crippen molar-refractivity contribution in [1.82, 2.24) is 10.2 Å². The summed E-state index contributed by atoms with van der Waals surface area (Å²) in [6, 6.07) is 8.54. The first kappa shape index (κ1) is 15.9. The molecule has 5 heteroatoms. The predicted molar refractivity (Wildman–Crippen MR) is 83.6 cm³/mol. The van der Waals surface area contributed by atoms with Gasteiger partial charge in [0.25, 0.3) is 0 Å². The van der Waals surface area contributed by atoms with Gasteiger partial charge in [0.15, 0.2) is 0 Å². The van der Waals surface area contributed by atoms with Gasteiger partial charge in [0.05, 0.1) is 12.2 Å². The molecule has 112 valence electrons. The van der Waals surface area contributed by atoms with E-state index in [2.05, 4.69) is 45.2 Å². The molecule has 0 spiro atoms. The van der Waals surface area contributed by atoms with Crippen LogP contribution in [0.4, 0.5) is 0 Å². The van der Waals surface area contributed by atoms with E-state index in [1.165, 1.54) is 5.56 Å². The van der Waals surface area contributed by atoms with Crippen LogP contribution in [-0.4, -0.2) is 53.5 Å². The summed E-state index contributed by atoms with van der Waals surface area (Å²) < 4.78 is 1.12. The molecule has 2 rings (SSSR count). The van der Waals surface area contributed by atoms with Crippen molar-refractivity contribution in [2.24, 2.45) is 0 Å². The van der Waals surface area contributed by atoms with E-state index in [4.69, 9.17) is 0 Å². The molecule has 1 aliphatic rings. The van der Waals surface area contributed by atoms with Crippen LogP contribution >= 0.6 is 15.9 Å². The molecule has 0 bridgehead atoms. The summed E-state index contributed by atoms with van der Waals surface area (Å²) >= 11 is 3.61. The van der Waals surface area contributed by atoms with Crippen molar-refractivity contribution >= 4 is 15.9 Å². The predicted octanol–water partition coefficient (Wildman–Crippen LogP) is 1.53. The molecule has 3 unspecified atom stereocenters. The van der Waals surface area contributed by atoms with Crippen LogP contribution in [0.3, 0.4) is 0 Å². The fourth-order valence-electron chi connectivity index (χ4n) is 2.71. The summed E-state index contributed by atoms with van der Waals surface area (Å²) in [5.74, 6) is 0. The first-order valence-electron chi connectivity index (χ1n) is 7.18. The van der Waals surface area contributed by atoms with Crippen LogP contribution in [0.2, 0.25) is 0 Å². The Morgan fingerprint density at radius 1 is 1.30 bits per heavy atom. The lowest BCUT2D eigenvalue weighted by Crippen LogP contribution is -2.29. The summed E-state index contributed by atoms with van der Waals surface area (Å²) in [6.07, 6.45) is -0.248. The summed E-state index contributed by atoms with van der Waals surface area (Å²) in [6.45, 7) is 5.02. The Balaban J connectivity index is 1.95. The monoisotopic (exact) mass is 342 g/mol. The number of hydrogen-bond donors (Lipinski definition) is 3. The van der Waals surface area contributed by atoms with Crippen molar-refractivity contribution in [1.29, 1.82) is 0 Å². The van der Waals surface area contributed by atoms with E-state index < -0.39 is 12.2 Å². The number of aliphatic hydroxyl groups is 2. The Bertz CT molecular complexity index is 420. The highest BCUT2D eigenvalue weighted by Gasteiger charge is 2.29. The molecule has 0 aliphatic carbocycles. The SMILES string of the molecule is CCNC(CCN1CC(O)C(O)C1)c1ccccc1Br. The Morgan fingerprint density at radius 3 is 2.55 bits per heavy atom. The maximum atomic E-state index is 9.58. The summed E-state index contributed by atoms with van der Waals surface area (Å²) in [5, 5.41) is 22.7. The quantitative estimate of drug-likeness (QED) is 0.733. The molecule has 3 N–H and O–H groups in total. The fourth-order valence-corrected chi connectivity index (χ4v) is 3.27. The fraction of sp³-hybridized carbons (Fsp3) is 0.600. The molecule has 0 amide bonds. The van der Waals surface area contributed by atoms with Gasteiger partial charge >= 0.3 is 0 Å². The Kier molecular flexibility index (Phi) is 5.99. The third kappa shape index (κ3) is 4.02. The van der Waals surface area contributed by atoms with Crippen LogP contribution in [-0.2, 0) is 0 Å². The largest absolute Gasteiger partial charge is 0.389 e. The van der Waals surface area contributed by atoms with Gasteiger partial charge < -0.3 is 15.5 Å². The minimum Gasteiger partial charge on any atom is -0.389 e. The Labute approximate surface area is 128 Å². The zero-order chi connectivity index (χ0) is 14.5. The van der Waals surface area contributed by atoms with Crippen molar-refractivity contribution in [3.63, 3.8) is 0 Å². The highest BCUT2D eigenvalue weighted by Crippen LogP contribution is 2.26. The summed E-state index contributed by atoms with van der Waals surface area (Å²) in [4.78, 5) is 2.12. The lowest BCUT2D eigenvalue weighted by atomic mass is 10.0. The van der Waals surface area contributed by atoms with Gasteiger partial charge in [0, 0.05) is 30.1 Å². The molecule has 0 radical (unpaired) electrons. The Morgan fingerprint density at radius 2 is 1.95 bits per heavy atom. The highest BCUT2D eigenvalue weighted by molar-refractivity contribution is 9.10. The number of rotatable bonds is 6. The first-order valence-corrected chi connectivity index (χ1v) is 7.97. The lowest BCUT2D eigenvalue weighted by Gasteiger charge is -2.23. The van der Waals surface area contributed by atoms with Crippen LogP contribution in [0.5, 0.6) is 0 Å². The van der Waals surface area contributed by atoms with Crippen LogP contribution < -0.4 is 5.32 Å². The highest BCUT2D eigenvalue weighted by atomic mass is 79.9. The third-order valence-electron chi connectivity index (χ3n) is 3.80. The van der Waals surface area contributed by atoms with E-state index >= 15 is 0 Å². The standard InChI is InChI=1S/C15H23BrN2O2/c1-2-17-13(11-5-3-4-6-12(11)16)7-8-18-9-14(19)15(20)10-18/h3-6,13-15,17,19-20H,2,7-10H2,1H3. The number of halogens is 1. The third-order valence-corrected chi connectivity index (χ3v) is 4.52. The Hall–Kier alpha value is -0.460. The van der Waals surface area contributed by atoms with E-state index in [0.717, 1.165) is 24.0 Å². The number of likely N-dealkylation sites (tertiary alicyclic amines) is 1. The number of hydrogen-bond acceptors (Lipinski definition) is 4. The molecule has 1 fully saturated rings. The van der Waals surface area contributed by atoms with Gasteiger partial charge in [-0.1, -0.05) is 41.1 Å². The molecule has 0 aromatic heterocycles. The second-order valence-corrected chi connectivity index (χ2v) is 6.17. The van der Waals surface area contributed by atoms with Gasteiger partial charge in [0.1, 0.15) is 0 Å². The van der Waals surface area contributed by atoms with Crippen molar-refractivity contribution < 1.29 is 10.2 Å². The van der Waals surface area contributed by atoms with E-state index in [1.807, 2.05) is 12.1 Å². The number of aliphatic hydroxyl groups excluding tert-OH is 2. The average Bonchev–Trinajstić information content (AvgIpc) is 2.75. The second-order valence-electron chi connectivity index (χ2n) is 5.31. The normalized spacial score (nSPS) is 25.0. The molecular formula is C15H23BrN2O2. The smallest absolute Gasteiger partial charge is 0.0938 e. The molecule has 0 saturated carbocycles. The molecule has 4 nitrogen and oxygen atoms in total. The molecule has 3 atom stereocenters. The van der Waals surface area contributed by atoms with Gasteiger partial charge in [-0.05, 0) is 24.6 Å². The molecule has 1 saturated heterocycles. The van der Waals surface area contributed by atoms with E-state index in [-0.39, 0.29) is 6.04 Å². The van der Waals surface area contributed by atoms with Gasteiger partial charge in [-0.2, -0.15) is 0 Å². The van der Waals surface area contributed by atoms with Crippen molar-refractivity contribution in [2.45, 2.75) is 31.6 Å². The van der Waals surface area contributed by atoms with Crippen molar-refractivity contribution in [3.8, 4) is 0 Å². The summed E-state index contributed by atoms with van der Waals surface area (Å²) in [5.41, 5.74) is 1.26. The van der Waals surface area contributed by atoms with Gasteiger partial charge in [-0.3, -0.25) is 4.90 Å². The molecule has 1 aliphatic heterocycles. The number of nitrogens with zero attached hydrogens (tertiary/aromatic N) is 1.